The van der Waals surface area contributed by atoms with Gasteiger partial charge >= 0.3 is 6.18 Å². The van der Waals surface area contributed by atoms with Crippen LogP contribution in [0.2, 0.25) is 5.02 Å². The molecule has 0 saturated heterocycles. The van der Waals surface area contributed by atoms with Crippen LogP contribution in [0, 0.1) is 13.8 Å². The molecule has 0 radical (unpaired) electrons. The zero-order chi connectivity index (χ0) is 33.1. The van der Waals surface area contributed by atoms with Crippen LogP contribution in [0.4, 0.5) is 18.9 Å². The summed E-state index contributed by atoms with van der Waals surface area (Å²) in [6.45, 7) is 3.75. The first-order chi connectivity index (χ1) is 21.1. The number of benzene rings is 3. The fraction of sp³-hybridized carbons (Fsp3) is 0.241. The van der Waals surface area contributed by atoms with E-state index >= 15 is 0 Å². The Bertz CT molecular complexity index is 1850. The largest absolute Gasteiger partial charge is 0.416 e. The summed E-state index contributed by atoms with van der Waals surface area (Å²) in [6.07, 6.45) is -4.61. The maximum Gasteiger partial charge on any atom is 0.416 e. The SMILES string of the molecule is Cc1cccc(-n2c(CNC(=O)c3ccc(S(=O)(=O)N(C)C)cc3)nnc2SCC(=O)Nc2cc(C(F)(F)F)ccc2Cl)c1C. The van der Waals surface area contributed by atoms with Crippen LogP contribution in [0.25, 0.3) is 5.69 Å². The molecule has 2 amide bonds. The van der Waals surface area contributed by atoms with Crippen LogP contribution in [0.1, 0.15) is 32.9 Å². The van der Waals surface area contributed by atoms with E-state index in [4.69, 9.17) is 11.6 Å². The summed E-state index contributed by atoms with van der Waals surface area (Å²) in [4.78, 5) is 25.7. The number of alkyl halides is 3. The monoisotopic (exact) mass is 680 g/mol. The van der Waals surface area contributed by atoms with Crippen molar-refractivity contribution >= 4 is 50.9 Å². The van der Waals surface area contributed by atoms with Crippen molar-refractivity contribution in [3.63, 3.8) is 0 Å². The Morgan fingerprint density at radius 2 is 1.71 bits per heavy atom. The van der Waals surface area contributed by atoms with Crippen molar-refractivity contribution < 1.29 is 31.2 Å². The second-order valence-electron chi connectivity index (χ2n) is 9.98. The van der Waals surface area contributed by atoms with Gasteiger partial charge in [-0.05, 0) is 73.5 Å². The minimum Gasteiger partial charge on any atom is -0.345 e. The van der Waals surface area contributed by atoms with Gasteiger partial charge in [-0.3, -0.25) is 14.2 Å². The Kier molecular flexibility index (Phi) is 10.3. The van der Waals surface area contributed by atoms with Gasteiger partial charge in [0.05, 0.1) is 39.2 Å². The van der Waals surface area contributed by atoms with Crippen LogP contribution in [0.5, 0.6) is 0 Å². The topological polar surface area (TPSA) is 126 Å². The van der Waals surface area contributed by atoms with Gasteiger partial charge in [0.1, 0.15) is 0 Å². The maximum absolute atomic E-state index is 13.1. The zero-order valence-corrected chi connectivity index (χ0v) is 26.8. The molecular weight excluding hydrogens is 653 g/mol. The Hall–Kier alpha value is -3.92. The molecule has 2 N–H and O–H groups in total. The summed E-state index contributed by atoms with van der Waals surface area (Å²) in [7, 11) is -0.838. The molecule has 1 heterocycles. The molecule has 1 aromatic heterocycles. The minimum absolute atomic E-state index is 0.0414. The summed E-state index contributed by atoms with van der Waals surface area (Å²) in [5, 5.41) is 13.9. The molecule has 16 heteroatoms. The second kappa shape index (κ2) is 13.6. The van der Waals surface area contributed by atoms with E-state index in [1.54, 1.807) is 4.57 Å². The summed E-state index contributed by atoms with van der Waals surface area (Å²) in [5.41, 5.74) is 1.66. The Balaban J connectivity index is 1.53. The second-order valence-corrected chi connectivity index (χ2v) is 13.5. The van der Waals surface area contributed by atoms with E-state index in [9.17, 15) is 31.2 Å². The lowest BCUT2D eigenvalue weighted by atomic mass is 10.1. The van der Waals surface area contributed by atoms with Gasteiger partial charge < -0.3 is 10.6 Å². The van der Waals surface area contributed by atoms with E-state index in [2.05, 4.69) is 20.8 Å². The van der Waals surface area contributed by atoms with Crippen molar-refractivity contribution in [3.05, 3.63) is 93.8 Å². The number of nitrogens with zero attached hydrogens (tertiary/aromatic N) is 4. The summed E-state index contributed by atoms with van der Waals surface area (Å²) < 4.78 is 66.9. The van der Waals surface area contributed by atoms with Crippen LogP contribution in [-0.2, 0) is 27.5 Å². The van der Waals surface area contributed by atoms with Crippen LogP contribution >= 0.6 is 23.4 Å². The van der Waals surface area contributed by atoms with Gasteiger partial charge in [-0.15, -0.1) is 10.2 Å². The molecule has 4 aromatic rings. The zero-order valence-electron chi connectivity index (χ0n) is 24.4. The normalized spacial score (nSPS) is 11.9. The number of hydrogen-bond donors (Lipinski definition) is 2. The van der Waals surface area contributed by atoms with Crippen molar-refractivity contribution in [1.82, 2.24) is 24.4 Å². The van der Waals surface area contributed by atoms with Crippen LogP contribution in [-0.4, -0.2) is 59.2 Å². The van der Waals surface area contributed by atoms with Crippen molar-refractivity contribution in [1.29, 1.82) is 0 Å². The van der Waals surface area contributed by atoms with Gasteiger partial charge in [-0.25, -0.2) is 12.7 Å². The number of rotatable bonds is 10. The van der Waals surface area contributed by atoms with Crippen molar-refractivity contribution in [3.8, 4) is 5.69 Å². The molecular formula is C29H28ClF3N6O4S2. The Morgan fingerprint density at radius 1 is 1.02 bits per heavy atom. The Morgan fingerprint density at radius 3 is 2.36 bits per heavy atom. The third-order valence-corrected chi connectivity index (χ3v) is 9.81. The van der Waals surface area contributed by atoms with Crippen molar-refractivity contribution in [2.75, 3.05) is 25.2 Å². The average molecular weight is 681 g/mol. The van der Waals surface area contributed by atoms with Crippen LogP contribution in [0.15, 0.2) is 70.7 Å². The van der Waals surface area contributed by atoms with Crippen molar-refractivity contribution in [2.45, 2.75) is 36.6 Å². The first kappa shape index (κ1) is 34.0. The molecule has 0 aliphatic carbocycles. The number of carbonyl (C=O) groups is 2. The maximum atomic E-state index is 13.1. The van der Waals surface area contributed by atoms with Gasteiger partial charge in [0, 0.05) is 19.7 Å². The lowest BCUT2D eigenvalue weighted by Gasteiger charge is -2.15. The molecule has 45 heavy (non-hydrogen) atoms. The highest BCUT2D eigenvalue weighted by Crippen LogP contribution is 2.34. The molecule has 0 fully saturated rings. The fourth-order valence-corrected chi connectivity index (χ4v) is 5.92. The van der Waals surface area contributed by atoms with Crippen LogP contribution in [0.3, 0.4) is 0 Å². The number of halogens is 4. The molecule has 0 unspecified atom stereocenters. The number of thioether (sulfide) groups is 1. The van der Waals surface area contributed by atoms with E-state index in [0.717, 1.165) is 45.4 Å². The third-order valence-electron chi connectivity index (χ3n) is 6.72. The van der Waals surface area contributed by atoms with E-state index in [-0.39, 0.29) is 33.5 Å². The summed E-state index contributed by atoms with van der Waals surface area (Å²) >= 11 is 7.01. The first-order valence-electron chi connectivity index (χ1n) is 13.2. The number of aromatic nitrogens is 3. The predicted molar refractivity (Wildman–Crippen MR) is 165 cm³/mol. The first-order valence-corrected chi connectivity index (χ1v) is 16.0. The molecule has 0 aliphatic rings. The molecule has 0 bridgehead atoms. The molecule has 4 rings (SSSR count). The number of carbonyl (C=O) groups excluding carboxylic acids is 2. The number of amides is 2. The molecule has 0 spiro atoms. The molecule has 0 aliphatic heterocycles. The predicted octanol–water partition coefficient (Wildman–Crippen LogP) is 5.47. The number of aryl methyl sites for hydroxylation is 1. The molecule has 10 nitrogen and oxygen atoms in total. The number of nitrogens with one attached hydrogen (secondary N) is 2. The number of hydrogen-bond acceptors (Lipinski definition) is 7. The van der Waals surface area contributed by atoms with Gasteiger partial charge in [-0.1, -0.05) is 35.5 Å². The quantitative estimate of drug-likeness (QED) is 0.213. The van der Waals surface area contributed by atoms with E-state index < -0.39 is 33.6 Å². The van der Waals surface area contributed by atoms with E-state index in [1.165, 1.54) is 38.4 Å². The highest BCUT2D eigenvalue weighted by Gasteiger charge is 2.31. The molecule has 3 aromatic carbocycles. The van der Waals surface area contributed by atoms with Crippen molar-refractivity contribution in [2.24, 2.45) is 0 Å². The number of anilines is 1. The summed E-state index contributed by atoms with van der Waals surface area (Å²) in [6, 6.07) is 13.7. The molecule has 0 atom stereocenters. The molecule has 238 valence electrons. The minimum atomic E-state index is -4.61. The van der Waals surface area contributed by atoms with Gasteiger partial charge in [0.2, 0.25) is 15.9 Å². The molecule has 0 saturated carbocycles. The van der Waals surface area contributed by atoms with Crippen LogP contribution < -0.4 is 10.6 Å². The standard InChI is InChI=1S/C29H28ClF3N6O4S2/c1-17-6-5-7-24(18(17)2)39-25(15-34-27(41)19-8-11-21(12-9-19)45(42,43)38(3)4)36-37-28(39)44-16-26(40)35-23-14-20(29(31,32)33)10-13-22(23)30/h5-14H,15-16H2,1-4H3,(H,34,41)(H,35,40). The van der Waals surface area contributed by atoms with E-state index in [1.807, 2.05) is 32.0 Å². The summed E-state index contributed by atoms with van der Waals surface area (Å²) in [5.74, 6) is -0.991. The lowest BCUT2D eigenvalue weighted by Crippen LogP contribution is -2.25. The number of sulfonamides is 1. The lowest BCUT2D eigenvalue weighted by molar-refractivity contribution is -0.137. The Labute approximate surface area is 267 Å². The van der Waals surface area contributed by atoms with Gasteiger partial charge in [0.15, 0.2) is 11.0 Å². The smallest absolute Gasteiger partial charge is 0.345 e. The highest BCUT2D eigenvalue weighted by atomic mass is 35.5. The average Bonchev–Trinajstić information content (AvgIpc) is 3.39. The highest BCUT2D eigenvalue weighted by molar-refractivity contribution is 7.99. The van der Waals surface area contributed by atoms with E-state index in [0.29, 0.717) is 16.7 Å². The third kappa shape index (κ3) is 7.84. The fourth-order valence-electron chi connectivity index (χ4n) is 4.09. The van der Waals surface area contributed by atoms with Gasteiger partial charge in [-0.2, -0.15) is 13.2 Å². The van der Waals surface area contributed by atoms with Gasteiger partial charge in [0.25, 0.3) is 5.91 Å².